The summed E-state index contributed by atoms with van der Waals surface area (Å²) in [5, 5.41) is 9.11. The Balaban J connectivity index is 2.17. The van der Waals surface area contributed by atoms with Crippen molar-refractivity contribution in [2.75, 3.05) is 0 Å². The lowest BCUT2D eigenvalue weighted by Gasteiger charge is -2.05. The average molecular weight is 284 g/mol. The third-order valence-electron chi connectivity index (χ3n) is 2.79. The molecule has 0 fully saturated rings. The molecule has 3 heteroatoms. The van der Waals surface area contributed by atoms with E-state index in [1.165, 1.54) is 11.8 Å². The van der Waals surface area contributed by atoms with E-state index in [0.29, 0.717) is 4.91 Å². The molecule has 0 unspecified atom stereocenters. The normalized spacial score (nSPS) is 11.3. The largest absolute Gasteiger partial charge is 0.477 e. The molecule has 0 bridgehead atoms. The van der Waals surface area contributed by atoms with E-state index in [1.807, 2.05) is 49.4 Å². The van der Waals surface area contributed by atoms with Crippen LogP contribution in [0.2, 0.25) is 0 Å². The van der Waals surface area contributed by atoms with E-state index in [4.69, 9.17) is 5.11 Å². The van der Waals surface area contributed by atoms with E-state index >= 15 is 0 Å². The van der Waals surface area contributed by atoms with Crippen LogP contribution in [-0.2, 0) is 4.79 Å². The van der Waals surface area contributed by atoms with E-state index in [1.54, 1.807) is 6.08 Å². The maximum atomic E-state index is 11.1. The SMILES string of the molecule is CCC=C(Sc1ccc(-c2ccccc2)cc1)C(=O)O. The summed E-state index contributed by atoms with van der Waals surface area (Å²) in [5.41, 5.74) is 2.29. The van der Waals surface area contributed by atoms with E-state index in [-0.39, 0.29) is 0 Å². The molecule has 2 aromatic carbocycles. The molecule has 0 atom stereocenters. The Labute approximate surface area is 123 Å². The molecular weight excluding hydrogens is 268 g/mol. The Morgan fingerprint density at radius 2 is 1.65 bits per heavy atom. The Morgan fingerprint density at radius 1 is 1.05 bits per heavy atom. The maximum absolute atomic E-state index is 11.1. The number of allylic oxidation sites excluding steroid dienone is 1. The number of aliphatic carboxylic acids is 1. The molecule has 1 N–H and O–H groups in total. The highest BCUT2D eigenvalue weighted by Gasteiger charge is 2.08. The van der Waals surface area contributed by atoms with Gasteiger partial charge in [0.1, 0.15) is 0 Å². The maximum Gasteiger partial charge on any atom is 0.342 e. The van der Waals surface area contributed by atoms with Crippen LogP contribution >= 0.6 is 11.8 Å². The number of carboxylic acids is 1. The first kappa shape index (κ1) is 14.4. The number of benzene rings is 2. The summed E-state index contributed by atoms with van der Waals surface area (Å²) < 4.78 is 0. The van der Waals surface area contributed by atoms with Gasteiger partial charge in [0.05, 0.1) is 4.91 Å². The van der Waals surface area contributed by atoms with Crippen LogP contribution in [-0.4, -0.2) is 11.1 Å². The van der Waals surface area contributed by atoms with Gasteiger partial charge in [-0.05, 0) is 29.7 Å². The zero-order valence-electron chi connectivity index (χ0n) is 11.2. The first-order chi connectivity index (χ1) is 9.70. The minimum absolute atomic E-state index is 0.375. The van der Waals surface area contributed by atoms with E-state index in [2.05, 4.69) is 12.1 Å². The van der Waals surface area contributed by atoms with Crippen molar-refractivity contribution in [3.05, 3.63) is 65.6 Å². The number of hydrogen-bond acceptors (Lipinski definition) is 2. The first-order valence-electron chi connectivity index (χ1n) is 6.47. The molecule has 0 saturated heterocycles. The Morgan fingerprint density at radius 3 is 2.20 bits per heavy atom. The quantitative estimate of drug-likeness (QED) is 0.631. The van der Waals surface area contributed by atoms with Crippen LogP contribution in [0.3, 0.4) is 0 Å². The smallest absolute Gasteiger partial charge is 0.342 e. The van der Waals surface area contributed by atoms with Crippen molar-refractivity contribution in [3.63, 3.8) is 0 Å². The minimum atomic E-state index is -0.871. The summed E-state index contributed by atoms with van der Waals surface area (Å²) in [7, 11) is 0. The molecule has 0 aromatic heterocycles. The van der Waals surface area contributed by atoms with Gasteiger partial charge in [0, 0.05) is 4.90 Å². The van der Waals surface area contributed by atoms with Gasteiger partial charge in [0.15, 0.2) is 0 Å². The number of thioether (sulfide) groups is 1. The van der Waals surface area contributed by atoms with E-state index in [9.17, 15) is 4.79 Å². The summed E-state index contributed by atoms with van der Waals surface area (Å²) >= 11 is 1.29. The van der Waals surface area contributed by atoms with Gasteiger partial charge >= 0.3 is 5.97 Å². The van der Waals surface area contributed by atoms with Crippen molar-refractivity contribution in [3.8, 4) is 11.1 Å². The van der Waals surface area contributed by atoms with Gasteiger partial charge in [0.2, 0.25) is 0 Å². The lowest BCUT2D eigenvalue weighted by Crippen LogP contribution is -1.96. The van der Waals surface area contributed by atoms with Gasteiger partial charge in [-0.2, -0.15) is 0 Å². The topological polar surface area (TPSA) is 37.3 Å². The molecule has 0 amide bonds. The zero-order chi connectivity index (χ0) is 14.4. The van der Waals surface area contributed by atoms with Crippen molar-refractivity contribution in [2.24, 2.45) is 0 Å². The van der Waals surface area contributed by atoms with Crippen molar-refractivity contribution < 1.29 is 9.90 Å². The molecule has 0 saturated carbocycles. The van der Waals surface area contributed by atoms with Gasteiger partial charge in [-0.25, -0.2) is 4.79 Å². The van der Waals surface area contributed by atoms with Crippen molar-refractivity contribution in [1.82, 2.24) is 0 Å². The molecule has 102 valence electrons. The fourth-order valence-corrected chi connectivity index (χ4v) is 2.69. The van der Waals surface area contributed by atoms with Crippen LogP contribution in [0.25, 0.3) is 11.1 Å². The van der Waals surface area contributed by atoms with Crippen LogP contribution in [0.4, 0.5) is 0 Å². The summed E-state index contributed by atoms with van der Waals surface area (Å²) in [6, 6.07) is 18.1. The number of rotatable bonds is 5. The minimum Gasteiger partial charge on any atom is -0.477 e. The molecule has 0 radical (unpaired) electrons. The van der Waals surface area contributed by atoms with Crippen LogP contribution in [0.5, 0.6) is 0 Å². The Kier molecular flexibility index (Phi) is 5.02. The second-order valence-corrected chi connectivity index (χ2v) is 5.39. The van der Waals surface area contributed by atoms with Crippen molar-refractivity contribution in [2.45, 2.75) is 18.2 Å². The summed E-state index contributed by atoms with van der Waals surface area (Å²) in [4.78, 5) is 12.4. The standard InChI is InChI=1S/C17H16O2S/c1-2-6-16(17(18)19)20-15-11-9-14(10-12-15)13-7-4-3-5-8-13/h3-12H,2H2,1H3,(H,18,19). The monoisotopic (exact) mass is 284 g/mol. The third kappa shape index (κ3) is 3.75. The van der Waals surface area contributed by atoms with Gasteiger partial charge in [-0.15, -0.1) is 0 Å². The summed E-state index contributed by atoms with van der Waals surface area (Å²) in [6.45, 7) is 1.93. The predicted octanol–water partition coefficient (Wildman–Crippen LogP) is 4.82. The molecular formula is C17H16O2S. The summed E-state index contributed by atoms with van der Waals surface area (Å²) in [6.07, 6.45) is 2.45. The first-order valence-corrected chi connectivity index (χ1v) is 7.29. The number of carbonyl (C=O) groups is 1. The van der Waals surface area contributed by atoms with Crippen molar-refractivity contribution in [1.29, 1.82) is 0 Å². The average Bonchev–Trinajstić information content (AvgIpc) is 2.48. The molecule has 2 rings (SSSR count). The van der Waals surface area contributed by atoms with Gasteiger partial charge < -0.3 is 5.11 Å². The molecule has 0 aliphatic carbocycles. The lowest BCUT2D eigenvalue weighted by atomic mass is 10.1. The van der Waals surface area contributed by atoms with E-state index < -0.39 is 5.97 Å². The highest BCUT2D eigenvalue weighted by Crippen LogP contribution is 2.29. The van der Waals surface area contributed by atoms with Gasteiger partial charge in [-0.1, -0.05) is 67.2 Å². The fourth-order valence-electron chi connectivity index (χ4n) is 1.83. The van der Waals surface area contributed by atoms with Crippen LogP contribution in [0, 0.1) is 0 Å². The van der Waals surface area contributed by atoms with Crippen LogP contribution in [0.1, 0.15) is 13.3 Å². The molecule has 0 aliphatic heterocycles. The van der Waals surface area contributed by atoms with Crippen LogP contribution < -0.4 is 0 Å². The highest BCUT2D eigenvalue weighted by atomic mass is 32.2. The molecule has 0 aliphatic rings. The lowest BCUT2D eigenvalue weighted by molar-refractivity contribution is -0.131. The predicted molar refractivity (Wildman–Crippen MR) is 83.7 cm³/mol. The van der Waals surface area contributed by atoms with Crippen LogP contribution in [0.15, 0.2) is 70.5 Å². The second kappa shape index (κ2) is 6.96. The molecule has 2 nitrogen and oxygen atoms in total. The van der Waals surface area contributed by atoms with E-state index in [0.717, 1.165) is 22.4 Å². The third-order valence-corrected chi connectivity index (χ3v) is 3.86. The zero-order valence-corrected chi connectivity index (χ0v) is 12.1. The highest BCUT2D eigenvalue weighted by molar-refractivity contribution is 8.04. The fraction of sp³-hybridized carbons (Fsp3) is 0.118. The Bertz CT molecular complexity index is 601. The molecule has 20 heavy (non-hydrogen) atoms. The molecule has 0 heterocycles. The number of hydrogen-bond donors (Lipinski definition) is 1. The number of carboxylic acid groups (broad SMARTS) is 1. The molecule has 2 aromatic rings. The summed E-state index contributed by atoms with van der Waals surface area (Å²) in [5.74, 6) is -0.871. The second-order valence-electron chi connectivity index (χ2n) is 4.27. The van der Waals surface area contributed by atoms with Crippen molar-refractivity contribution >= 4 is 17.7 Å². The Hall–Kier alpha value is -2.00. The molecule has 0 spiro atoms. The van der Waals surface area contributed by atoms with Gasteiger partial charge in [0.25, 0.3) is 0 Å². The van der Waals surface area contributed by atoms with Gasteiger partial charge in [-0.3, -0.25) is 0 Å².